The van der Waals surface area contributed by atoms with Crippen molar-refractivity contribution in [2.75, 3.05) is 38.1 Å². The van der Waals surface area contributed by atoms with Crippen molar-refractivity contribution in [2.45, 2.75) is 31.8 Å². The summed E-state index contributed by atoms with van der Waals surface area (Å²) in [5.74, 6) is 2.37. The summed E-state index contributed by atoms with van der Waals surface area (Å²) >= 11 is 5.90. The van der Waals surface area contributed by atoms with Crippen molar-refractivity contribution in [1.82, 2.24) is 0 Å². The van der Waals surface area contributed by atoms with E-state index < -0.39 is 6.10 Å². The zero-order chi connectivity index (χ0) is 21.8. The number of halogens is 2. The number of aliphatic hydroxyl groups excluding tert-OH is 1. The lowest BCUT2D eigenvalue weighted by Crippen LogP contribution is -2.24. The molecule has 0 bridgehead atoms. The van der Waals surface area contributed by atoms with Crippen molar-refractivity contribution >= 4 is 23.7 Å². The highest BCUT2D eigenvalue weighted by Crippen LogP contribution is 2.33. The zero-order valence-electron chi connectivity index (χ0n) is 17.5. The molecule has 2 aromatic rings. The second-order valence-corrected chi connectivity index (χ2v) is 8.42. The van der Waals surface area contributed by atoms with E-state index in [1.807, 2.05) is 36.4 Å². The van der Waals surface area contributed by atoms with Crippen molar-refractivity contribution in [1.29, 1.82) is 0 Å². The van der Waals surface area contributed by atoms with Crippen LogP contribution in [0.25, 0.3) is 0 Å². The van der Waals surface area contributed by atoms with Crippen molar-refractivity contribution in [2.24, 2.45) is 0 Å². The molecule has 2 rings (SSSR count). The van der Waals surface area contributed by atoms with Crippen molar-refractivity contribution in [3.8, 4) is 11.5 Å². The van der Waals surface area contributed by atoms with E-state index in [-0.39, 0.29) is 43.1 Å². The van der Waals surface area contributed by atoms with Gasteiger partial charge in [0.25, 0.3) is 0 Å². The third kappa shape index (κ3) is 7.99. The normalized spacial score (nSPS) is 12.6. The van der Waals surface area contributed by atoms with E-state index in [9.17, 15) is 8.99 Å². The van der Waals surface area contributed by atoms with Gasteiger partial charge in [-0.15, -0.1) is 11.6 Å². The number of aliphatic hydroxyl groups is 1. The molecule has 30 heavy (non-hydrogen) atoms. The number of hydrogen-bond acceptors (Lipinski definition) is 5. The van der Waals surface area contributed by atoms with Gasteiger partial charge in [-0.05, 0) is 41.8 Å². The minimum atomic E-state index is -0.754. The number of hydrogen-bond donors (Lipinski definition) is 1. The van der Waals surface area contributed by atoms with Crippen LogP contribution in [-0.4, -0.2) is 49.3 Å². The predicted molar refractivity (Wildman–Crippen MR) is 122 cm³/mol. The van der Waals surface area contributed by atoms with E-state index in [1.54, 1.807) is 0 Å². The van der Waals surface area contributed by atoms with Gasteiger partial charge in [-0.1, -0.05) is 38.1 Å². The number of ether oxygens (including phenoxy) is 3. The quantitative estimate of drug-likeness (QED) is 0.305. The van der Waals surface area contributed by atoms with Gasteiger partial charge in [-0.3, -0.25) is 0 Å². The Balaban J connectivity index is 1.89. The van der Waals surface area contributed by atoms with Crippen LogP contribution in [0, 0.1) is 0 Å². The number of rotatable bonds is 14. The lowest BCUT2D eigenvalue weighted by molar-refractivity contribution is 0.0172. The van der Waals surface area contributed by atoms with E-state index >= 15 is 0 Å². The molecule has 7 heteroatoms. The molecule has 0 saturated carbocycles. The summed E-state index contributed by atoms with van der Waals surface area (Å²) in [6, 6.07) is 16.0. The van der Waals surface area contributed by atoms with E-state index in [0.29, 0.717) is 18.2 Å². The average Bonchev–Trinajstić information content (AvgIpc) is 2.76. The second kappa shape index (κ2) is 13.1. The fourth-order valence-electron chi connectivity index (χ4n) is 2.90. The molecule has 2 aromatic carbocycles. The summed E-state index contributed by atoms with van der Waals surface area (Å²) in [7, 11) is 0. The highest BCUT2D eigenvalue weighted by Gasteiger charge is 2.23. The molecular weight excluding hydrogens is 427 g/mol. The van der Waals surface area contributed by atoms with Gasteiger partial charge >= 0.3 is 0 Å². The molecule has 0 aromatic heterocycles. The highest BCUT2D eigenvalue weighted by molar-refractivity contribution is 7.94. The number of alkyl halides is 1. The summed E-state index contributed by atoms with van der Waals surface area (Å²) < 4.78 is 28.4. The van der Waals surface area contributed by atoms with Crippen molar-refractivity contribution < 1.29 is 23.2 Å². The van der Waals surface area contributed by atoms with Crippen LogP contribution in [0.5, 0.6) is 11.5 Å². The van der Waals surface area contributed by atoms with Gasteiger partial charge in [-0.25, -0.2) is 0 Å². The largest absolute Gasteiger partial charge is 0.494 e. The van der Waals surface area contributed by atoms with Gasteiger partial charge in [0, 0.05) is 29.2 Å². The fourth-order valence-corrected chi connectivity index (χ4v) is 3.19. The van der Waals surface area contributed by atoms with Crippen molar-refractivity contribution in [3.63, 3.8) is 0 Å². The molecule has 1 N–H and O–H groups in total. The zero-order valence-corrected chi connectivity index (χ0v) is 19.1. The standard InChI is InChI=1S/C23H30ClFO4S/c1-23(2,18-4-8-21(9-5-18)28-13-3-12-24)19-6-10-22(11-7-19)29-17-20(26)16-27-14-15-30-25/h4-11,20,26H,3,12-17H2,1-2H3. The molecule has 1 atom stereocenters. The van der Waals surface area contributed by atoms with Crippen LogP contribution in [-0.2, 0) is 10.2 Å². The first-order valence-corrected chi connectivity index (χ1v) is 11.4. The van der Waals surface area contributed by atoms with Crippen LogP contribution in [0.3, 0.4) is 0 Å². The summed E-state index contributed by atoms with van der Waals surface area (Å²) in [6.07, 6.45) is 0.0712. The van der Waals surface area contributed by atoms with E-state index in [1.165, 1.54) is 5.56 Å². The highest BCUT2D eigenvalue weighted by atomic mass is 35.5. The molecule has 166 valence electrons. The number of benzene rings is 2. The Labute approximate surface area is 188 Å². The molecule has 4 nitrogen and oxygen atoms in total. The molecule has 1 unspecified atom stereocenters. The third-order valence-corrected chi connectivity index (χ3v) is 5.34. The van der Waals surface area contributed by atoms with Crippen LogP contribution >= 0.6 is 23.7 Å². The Hall–Kier alpha value is -1.47. The van der Waals surface area contributed by atoms with Gasteiger partial charge in [0.1, 0.15) is 24.2 Å². The van der Waals surface area contributed by atoms with E-state index in [4.69, 9.17) is 25.8 Å². The Morgan fingerprint density at radius 3 is 2.03 bits per heavy atom. The lowest BCUT2D eigenvalue weighted by Gasteiger charge is -2.26. The van der Waals surface area contributed by atoms with Gasteiger partial charge < -0.3 is 19.3 Å². The first-order chi connectivity index (χ1) is 14.5. The monoisotopic (exact) mass is 456 g/mol. The molecule has 0 spiro atoms. The maximum Gasteiger partial charge on any atom is 0.119 e. The molecular formula is C23H30ClFO4S. The minimum Gasteiger partial charge on any atom is -0.494 e. The Bertz CT molecular complexity index is 725. The Morgan fingerprint density at radius 1 is 0.933 bits per heavy atom. The summed E-state index contributed by atoms with van der Waals surface area (Å²) in [6.45, 7) is 5.47. The summed E-state index contributed by atoms with van der Waals surface area (Å²) in [4.78, 5) is 0. The van der Waals surface area contributed by atoms with Crippen LogP contribution in [0.4, 0.5) is 3.89 Å². The lowest BCUT2D eigenvalue weighted by atomic mass is 9.78. The van der Waals surface area contributed by atoms with Crippen LogP contribution in [0.15, 0.2) is 48.5 Å². The van der Waals surface area contributed by atoms with Crippen LogP contribution in [0.1, 0.15) is 31.4 Å². The van der Waals surface area contributed by atoms with E-state index in [2.05, 4.69) is 26.0 Å². The molecule has 0 aliphatic rings. The van der Waals surface area contributed by atoms with E-state index in [0.717, 1.165) is 17.7 Å². The first-order valence-electron chi connectivity index (χ1n) is 9.99. The van der Waals surface area contributed by atoms with Gasteiger partial charge in [0.05, 0.1) is 19.8 Å². The van der Waals surface area contributed by atoms with Crippen LogP contribution < -0.4 is 9.47 Å². The summed E-state index contributed by atoms with van der Waals surface area (Å²) in [5.41, 5.74) is 2.15. The molecule has 0 aliphatic heterocycles. The van der Waals surface area contributed by atoms with Gasteiger partial charge in [-0.2, -0.15) is 3.89 Å². The summed E-state index contributed by atoms with van der Waals surface area (Å²) in [5, 5.41) is 9.87. The molecule has 0 saturated heterocycles. The topological polar surface area (TPSA) is 47.9 Å². The SMILES string of the molecule is CC(C)(c1ccc(OCCCCl)cc1)c1ccc(OCC(O)COCCSF)cc1. The molecule has 0 amide bonds. The third-order valence-electron chi connectivity index (χ3n) is 4.76. The smallest absolute Gasteiger partial charge is 0.119 e. The predicted octanol–water partition coefficient (Wildman–Crippen LogP) is 5.39. The maximum absolute atomic E-state index is 11.9. The minimum absolute atomic E-state index is 0.122. The Morgan fingerprint density at radius 2 is 1.50 bits per heavy atom. The van der Waals surface area contributed by atoms with Gasteiger partial charge in [0.2, 0.25) is 0 Å². The van der Waals surface area contributed by atoms with Crippen LogP contribution in [0.2, 0.25) is 0 Å². The molecule has 0 aliphatic carbocycles. The molecule has 0 fully saturated rings. The molecule has 0 heterocycles. The fraction of sp³-hybridized carbons (Fsp3) is 0.478. The van der Waals surface area contributed by atoms with Crippen molar-refractivity contribution in [3.05, 3.63) is 59.7 Å². The maximum atomic E-state index is 11.9. The second-order valence-electron chi connectivity index (χ2n) is 7.42. The Kier molecular flexibility index (Phi) is 10.8. The van der Waals surface area contributed by atoms with Gasteiger partial charge in [0.15, 0.2) is 0 Å². The average molecular weight is 457 g/mol. The molecule has 0 radical (unpaired) electrons. The first kappa shape index (κ1) is 24.8.